The number of carboxylic acid groups (broad SMARTS) is 1. The molecule has 1 heterocycles. The molecule has 1 atom stereocenters. The number of aromatic nitrogens is 3. The van der Waals surface area contributed by atoms with E-state index in [4.69, 9.17) is 5.11 Å². The van der Waals surface area contributed by atoms with Gasteiger partial charge in [0, 0.05) is 13.0 Å². The zero-order valence-electron chi connectivity index (χ0n) is 8.47. The van der Waals surface area contributed by atoms with E-state index in [1.165, 1.54) is 17.8 Å². The molecule has 0 saturated heterocycles. The fourth-order valence-electron chi connectivity index (χ4n) is 1.16. The highest BCUT2D eigenvalue weighted by Gasteiger charge is 2.10. The van der Waals surface area contributed by atoms with Crippen molar-refractivity contribution in [3.63, 3.8) is 0 Å². The number of amides is 1. The monoisotopic (exact) mass is 212 g/mol. The third-order valence-electron chi connectivity index (χ3n) is 1.67. The van der Waals surface area contributed by atoms with E-state index in [1.807, 2.05) is 0 Å². The maximum absolute atomic E-state index is 10.7. The predicted octanol–water partition coefficient (Wildman–Crippen LogP) is -0.499. The highest BCUT2D eigenvalue weighted by Crippen LogP contribution is 1.94. The van der Waals surface area contributed by atoms with Crippen LogP contribution in [0.5, 0.6) is 0 Å². The van der Waals surface area contributed by atoms with Crippen molar-refractivity contribution < 1.29 is 14.7 Å². The minimum atomic E-state index is -1.12. The molecule has 0 unspecified atom stereocenters. The van der Waals surface area contributed by atoms with Crippen LogP contribution in [0.15, 0.2) is 6.20 Å². The highest BCUT2D eigenvalue weighted by molar-refractivity contribution is 5.84. The first-order valence-electron chi connectivity index (χ1n) is 4.39. The van der Waals surface area contributed by atoms with Crippen molar-refractivity contribution in [2.24, 2.45) is 0 Å². The Hall–Kier alpha value is -1.92. The van der Waals surface area contributed by atoms with Crippen LogP contribution in [0.1, 0.15) is 24.3 Å². The van der Waals surface area contributed by atoms with Crippen LogP contribution in [0.4, 0.5) is 0 Å². The maximum atomic E-state index is 10.7. The quantitative estimate of drug-likeness (QED) is 0.701. The number of carbonyl (C=O) groups is 2. The Kier molecular flexibility index (Phi) is 3.37. The van der Waals surface area contributed by atoms with Gasteiger partial charge >= 0.3 is 5.97 Å². The molecule has 0 radical (unpaired) electrons. The summed E-state index contributed by atoms with van der Waals surface area (Å²) in [7, 11) is 0. The third-order valence-corrected chi connectivity index (χ3v) is 1.67. The molecule has 0 aliphatic carbocycles. The lowest BCUT2D eigenvalue weighted by atomic mass is 10.3. The molecule has 7 nitrogen and oxygen atoms in total. The average Bonchev–Trinajstić information content (AvgIpc) is 2.50. The third kappa shape index (κ3) is 3.37. The molecular weight excluding hydrogens is 200 g/mol. The Balaban J connectivity index is 2.57. The summed E-state index contributed by atoms with van der Waals surface area (Å²) in [5.41, 5.74) is -0.106. The van der Waals surface area contributed by atoms with Gasteiger partial charge in [0.15, 0.2) is 5.69 Å². The van der Waals surface area contributed by atoms with E-state index in [2.05, 4.69) is 15.6 Å². The molecule has 0 bridgehead atoms. The van der Waals surface area contributed by atoms with Gasteiger partial charge in [-0.05, 0) is 6.92 Å². The molecule has 0 saturated carbocycles. The van der Waals surface area contributed by atoms with Crippen LogP contribution < -0.4 is 5.32 Å². The summed E-state index contributed by atoms with van der Waals surface area (Å²) in [6.45, 7) is 3.60. The number of carbonyl (C=O) groups excluding carboxylic acids is 1. The lowest BCUT2D eigenvalue weighted by Gasteiger charge is -2.11. The lowest BCUT2D eigenvalue weighted by Crippen LogP contribution is -2.34. The summed E-state index contributed by atoms with van der Waals surface area (Å²) >= 11 is 0. The van der Waals surface area contributed by atoms with E-state index in [0.29, 0.717) is 6.54 Å². The Bertz CT molecular complexity index is 374. The van der Waals surface area contributed by atoms with Crippen molar-refractivity contribution in [3.05, 3.63) is 11.9 Å². The van der Waals surface area contributed by atoms with Crippen molar-refractivity contribution in [1.82, 2.24) is 20.3 Å². The summed E-state index contributed by atoms with van der Waals surface area (Å²) in [5, 5.41) is 18.3. The summed E-state index contributed by atoms with van der Waals surface area (Å²) in [4.78, 5) is 21.2. The fraction of sp³-hybridized carbons (Fsp3) is 0.500. The fourth-order valence-corrected chi connectivity index (χ4v) is 1.16. The summed E-state index contributed by atoms with van der Waals surface area (Å²) in [5.74, 6) is -1.26. The van der Waals surface area contributed by atoms with Crippen LogP contribution in [0.2, 0.25) is 0 Å². The molecule has 0 aliphatic heterocycles. The van der Waals surface area contributed by atoms with E-state index in [0.717, 1.165) is 0 Å². The van der Waals surface area contributed by atoms with Gasteiger partial charge in [0.1, 0.15) is 0 Å². The molecule has 1 rings (SSSR count). The number of hydrogen-bond donors (Lipinski definition) is 2. The van der Waals surface area contributed by atoms with Crippen molar-refractivity contribution in [1.29, 1.82) is 0 Å². The standard InChI is InChI=1S/C8H12N4O3/c1-5(9-6(2)13)3-12-4-7(8(14)15)10-11-12/h4-5H,3H2,1-2H3,(H,9,13)(H,14,15)/t5-/m1/s1. The zero-order valence-corrected chi connectivity index (χ0v) is 8.47. The number of aromatic carboxylic acids is 1. The first-order chi connectivity index (χ1) is 6.99. The molecule has 0 fully saturated rings. The van der Waals surface area contributed by atoms with Gasteiger partial charge in [0.2, 0.25) is 5.91 Å². The van der Waals surface area contributed by atoms with Crippen LogP contribution in [0, 0.1) is 0 Å². The highest BCUT2D eigenvalue weighted by atomic mass is 16.4. The summed E-state index contributed by atoms with van der Waals surface area (Å²) < 4.78 is 1.38. The van der Waals surface area contributed by atoms with E-state index in [1.54, 1.807) is 6.92 Å². The molecule has 2 N–H and O–H groups in total. The first-order valence-corrected chi connectivity index (χ1v) is 4.39. The summed E-state index contributed by atoms with van der Waals surface area (Å²) in [6.07, 6.45) is 1.32. The second kappa shape index (κ2) is 4.54. The number of nitrogens with zero attached hydrogens (tertiary/aromatic N) is 3. The van der Waals surface area contributed by atoms with Gasteiger partial charge in [-0.3, -0.25) is 4.79 Å². The van der Waals surface area contributed by atoms with Crippen LogP contribution in [0.25, 0.3) is 0 Å². The molecule has 15 heavy (non-hydrogen) atoms. The smallest absolute Gasteiger partial charge is 0.358 e. The summed E-state index contributed by atoms with van der Waals surface area (Å²) in [6, 6.07) is -0.120. The van der Waals surface area contributed by atoms with E-state index >= 15 is 0 Å². The molecule has 0 spiro atoms. The minimum Gasteiger partial charge on any atom is -0.476 e. The predicted molar refractivity (Wildman–Crippen MR) is 50.3 cm³/mol. The van der Waals surface area contributed by atoms with Gasteiger partial charge in [0.05, 0.1) is 12.7 Å². The molecule has 1 aromatic rings. The largest absolute Gasteiger partial charge is 0.476 e. The molecule has 0 aromatic carbocycles. The Morgan fingerprint density at radius 2 is 2.33 bits per heavy atom. The van der Waals surface area contributed by atoms with E-state index < -0.39 is 5.97 Å². The number of rotatable bonds is 4. The van der Waals surface area contributed by atoms with E-state index in [9.17, 15) is 9.59 Å². The molecular formula is C8H12N4O3. The van der Waals surface area contributed by atoms with Gasteiger partial charge in [-0.15, -0.1) is 5.10 Å². The lowest BCUT2D eigenvalue weighted by molar-refractivity contribution is -0.119. The van der Waals surface area contributed by atoms with E-state index in [-0.39, 0.29) is 17.6 Å². The van der Waals surface area contributed by atoms with Crippen LogP contribution in [-0.2, 0) is 11.3 Å². The zero-order chi connectivity index (χ0) is 11.4. The van der Waals surface area contributed by atoms with Gasteiger partial charge in [0.25, 0.3) is 0 Å². The van der Waals surface area contributed by atoms with Gasteiger partial charge in [-0.1, -0.05) is 5.21 Å². The van der Waals surface area contributed by atoms with Crippen LogP contribution >= 0.6 is 0 Å². The Morgan fingerprint density at radius 3 is 2.80 bits per heavy atom. The SMILES string of the molecule is CC(=O)N[C@H](C)Cn1cc(C(=O)O)nn1. The van der Waals surface area contributed by atoms with Gasteiger partial charge in [-0.2, -0.15) is 0 Å². The first kappa shape index (κ1) is 11.2. The topological polar surface area (TPSA) is 97.1 Å². The maximum Gasteiger partial charge on any atom is 0.358 e. The Morgan fingerprint density at radius 1 is 1.67 bits per heavy atom. The second-order valence-corrected chi connectivity index (χ2v) is 3.23. The number of hydrogen-bond acceptors (Lipinski definition) is 4. The normalized spacial score (nSPS) is 12.1. The molecule has 82 valence electrons. The molecule has 7 heteroatoms. The van der Waals surface area contributed by atoms with Crippen LogP contribution in [-0.4, -0.2) is 38.0 Å². The van der Waals surface area contributed by atoms with Crippen molar-refractivity contribution in [2.45, 2.75) is 26.4 Å². The van der Waals surface area contributed by atoms with Crippen molar-refractivity contribution in [2.75, 3.05) is 0 Å². The molecule has 0 aliphatic rings. The molecule has 1 aromatic heterocycles. The van der Waals surface area contributed by atoms with Crippen molar-refractivity contribution >= 4 is 11.9 Å². The number of carboxylic acids is 1. The molecule has 1 amide bonds. The van der Waals surface area contributed by atoms with Crippen molar-refractivity contribution in [3.8, 4) is 0 Å². The average molecular weight is 212 g/mol. The number of nitrogens with one attached hydrogen (secondary N) is 1. The van der Waals surface area contributed by atoms with Gasteiger partial charge in [-0.25, -0.2) is 9.48 Å². The van der Waals surface area contributed by atoms with Crippen LogP contribution in [0.3, 0.4) is 0 Å². The minimum absolute atomic E-state index is 0.106. The Labute approximate surface area is 86.1 Å². The second-order valence-electron chi connectivity index (χ2n) is 3.23. The van der Waals surface area contributed by atoms with Gasteiger partial charge < -0.3 is 10.4 Å².